The van der Waals surface area contributed by atoms with Gasteiger partial charge in [-0.2, -0.15) is 0 Å². The second-order valence-electron chi connectivity index (χ2n) is 11.0. The molecule has 8 nitrogen and oxygen atoms in total. The molecule has 8 heteroatoms. The molecule has 2 aromatic rings. The number of phenolic OH excluding ortho intramolecular Hbond substituents is 1. The molecular formula is C30H43N3O5. The quantitative estimate of drug-likeness (QED) is 0.360. The molecule has 0 saturated heterocycles. The summed E-state index contributed by atoms with van der Waals surface area (Å²) < 4.78 is 5.41. The van der Waals surface area contributed by atoms with E-state index in [2.05, 4.69) is 10.6 Å². The van der Waals surface area contributed by atoms with Crippen LogP contribution in [0.2, 0.25) is 0 Å². The average molecular weight is 526 g/mol. The van der Waals surface area contributed by atoms with E-state index in [1.807, 2.05) is 52.8 Å². The van der Waals surface area contributed by atoms with Crippen LogP contribution in [0.5, 0.6) is 5.75 Å². The zero-order valence-electron chi connectivity index (χ0n) is 23.9. The number of aromatic hydroxyl groups is 1. The third kappa shape index (κ3) is 8.23. The standard InChI is InChI=1S/C30H43N3O5/c1-9-10-18-33(28(36)24(19(2)3)32-29(37)38-30(6,7)8)26(22-16-11-12-17-23(22)34)27(35)31-25-20(4)14-13-15-21(25)5/h11-17,19,24,26,34H,9-10,18H2,1-8H3,(H,31,35)(H,32,37). The lowest BCUT2D eigenvalue weighted by molar-refractivity contribution is -0.141. The van der Waals surface area contributed by atoms with E-state index in [9.17, 15) is 19.5 Å². The Bertz CT molecular complexity index is 1100. The number of phenols is 1. The lowest BCUT2D eigenvalue weighted by Crippen LogP contribution is -2.54. The minimum Gasteiger partial charge on any atom is -0.508 e. The Morgan fingerprint density at radius 1 is 1.00 bits per heavy atom. The molecule has 0 aliphatic carbocycles. The molecule has 0 fully saturated rings. The fraction of sp³-hybridized carbons (Fsp3) is 0.500. The number of hydrogen-bond donors (Lipinski definition) is 3. The zero-order valence-corrected chi connectivity index (χ0v) is 23.9. The summed E-state index contributed by atoms with van der Waals surface area (Å²) in [6, 6.07) is 10.2. The molecule has 0 heterocycles. The van der Waals surface area contributed by atoms with E-state index in [0.717, 1.165) is 17.5 Å². The van der Waals surface area contributed by atoms with Crippen LogP contribution < -0.4 is 10.6 Å². The van der Waals surface area contributed by atoms with E-state index in [0.29, 0.717) is 17.7 Å². The normalized spacial score (nSPS) is 13.0. The molecule has 0 aliphatic heterocycles. The zero-order chi connectivity index (χ0) is 28.6. The first kappa shape index (κ1) is 30.7. The molecule has 3 N–H and O–H groups in total. The van der Waals surface area contributed by atoms with Crippen LogP contribution in [0.3, 0.4) is 0 Å². The number of alkyl carbamates (subject to hydrolysis) is 1. The summed E-state index contributed by atoms with van der Waals surface area (Å²) in [5.74, 6) is -1.26. The number of hydrogen-bond acceptors (Lipinski definition) is 5. The van der Waals surface area contributed by atoms with Crippen LogP contribution in [0.15, 0.2) is 42.5 Å². The van der Waals surface area contributed by atoms with Gasteiger partial charge in [0.25, 0.3) is 5.91 Å². The van der Waals surface area contributed by atoms with Crippen molar-refractivity contribution >= 4 is 23.6 Å². The van der Waals surface area contributed by atoms with Gasteiger partial charge >= 0.3 is 6.09 Å². The number of carbonyl (C=O) groups is 3. The number of aryl methyl sites for hydroxylation is 2. The van der Waals surface area contributed by atoms with Crippen molar-refractivity contribution in [3.63, 3.8) is 0 Å². The number of nitrogens with one attached hydrogen (secondary N) is 2. The molecule has 38 heavy (non-hydrogen) atoms. The molecule has 0 aliphatic rings. The Morgan fingerprint density at radius 3 is 2.13 bits per heavy atom. The van der Waals surface area contributed by atoms with Gasteiger partial charge < -0.3 is 25.4 Å². The minimum absolute atomic E-state index is 0.0929. The summed E-state index contributed by atoms with van der Waals surface area (Å²) in [6.07, 6.45) is 0.699. The van der Waals surface area contributed by atoms with E-state index in [4.69, 9.17) is 4.74 Å². The van der Waals surface area contributed by atoms with Gasteiger partial charge in [-0.15, -0.1) is 0 Å². The summed E-state index contributed by atoms with van der Waals surface area (Å²) in [5, 5.41) is 16.5. The number of unbranched alkanes of at least 4 members (excludes halogenated alkanes) is 1. The molecule has 2 atom stereocenters. The van der Waals surface area contributed by atoms with E-state index < -0.39 is 35.6 Å². The van der Waals surface area contributed by atoms with Crippen LogP contribution in [-0.4, -0.2) is 46.1 Å². The SMILES string of the molecule is CCCCN(C(=O)C(NC(=O)OC(C)(C)C)C(C)C)C(C(=O)Nc1c(C)cccc1C)c1ccccc1O. The molecule has 208 valence electrons. The van der Waals surface area contributed by atoms with Crippen LogP contribution in [-0.2, 0) is 14.3 Å². The fourth-order valence-corrected chi connectivity index (χ4v) is 4.19. The van der Waals surface area contributed by atoms with Crippen molar-refractivity contribution in [3.05, 3.63) is 59.2 Å². The summed E-state index contributed by atoms with van der Waals surface area (Å²) in [5.41, 5.74) is 1.99. The third-order valence-corrected chi connectivity index (χ3v) is 6.16. The van der Waals surface area contributed by atoms with Gasteiger partial charge in [0.05, 0.1) is 0 Å². The smallest absolute Gasteiger partial charge is 0.408 e. The van der Waals surface area contributed by atoms with Crippen molar-refractivity contribution in [2.75, 3.05) is 11.9 Å². The van der Waals surface area contributed by atoms with Crippen molar-refractivity contribution in [1.82, 2.24) is 10.2 Å². The van der Waals surface area contributed by atoms with Gasteiger partial charge in [-0.05, 0) is 64.2 Å². The summed E-state index contributed by atoms with van der Waals surface area (Å²) in [7, 11) is 0. The highest BCUT2D eigenvalue weighted by Crippen LogP contribution is 2.32. The first-order chi connectivity index (χ1) is 17.8. The summed E-state index contributed by atoms with van der Waals surface area (Å²) in [6.45, 7) is 14.9. The largest absolute Gasteiger partial charge is 0.508 e. The second kappa shape index (κ2) is 13.3. The molecule has 0 aromatic heterocycles. The van der Waals surface area contributed by atoms with Crippen molar-refractivity contribution < 1.29 is 24.2 Å². The molecule has 0 saturated carbocycles. The molecule has 2 aromatic carbocycles. The highest BCUT2D eigenvalue weighted by molar-refractivity contribution is 6.00. The van der Waals surface area contributed by atoms with Gasteiger partial charge in [-0.1, -0.05) is 63.6 Å². The predicted molar refractivity (Wildman–Crippen MR) is 150 cm³/mol. The summed E-state index contributed by atoms with van der Waals surface area (Å²) >= 11 is 0. The second-order valence-corrected chi connectivity index (χ2v) is 11.0. The van der Waals surface area contributed by atoms with E-state index in [1.54, 1.807) is 39.0 Å². The van der Waals surface area contributed by atoms with Crippen LogP contribution in [0.1, 0.15) is 77.1 Å². The maximum Gasteiger partial charge on any atom is 0.408 e. The summed E-state index contributed by atoms with van der Waals surface area (Å²) in [4.78, 5) is 42.2. The first-order valence-electron chi connectivity index (χ1n) is 13.2. The Labute approximate surface area is 226 Å². The Balaban J connectivity index is 2.57. The van der Waals surface area contributed by atoms with Crippen LogP contribution >= 0.6 is 0 Å². The number of benzene rings is 2. The van der Waals surface area contributed by atoms with Crippen molar-refractivity contribution in [2.45, 2.75) is 85.9 Å². The Hall–Kier alpha value is -3.55. The van der Waals surface area contributed by atoms with Crippen LogP contribution in [0, 0.1) is 19.8 Å². The topological polar surface area (TPSA) is 108 Å². The van der Waals surface area contributed by atoms with Crippen LogP contribution in [0.25, 0.3) is 0 Å². The van der Waals surface area contributed by atoms with Gasteiger partial charge in [-0.25, -0.2) is 4.79 Å². The van der Waals surface area contributed by atoms with Gasteiger partial charge in [-0.3, -0.25) is 9.59 Å². The van der Waals surface area contributed by atoms with Crippen LogP contribution in [0.4, 0.5) is 10.5 Å². The number of rotatable bonds is 10. The van der Waals surface area contributed by atoms with Gasteiger partial charge in [0.2, 0.25) is 5.91 Å². The first-order valence-corrected chi connectivity index (χ1v) is 13.2. The highest BCUT2D eigenvalue weighted by Gasteiger charge is 2.38. The number of carbonyl (C=O) groups excluding carboxylic acids is 3. The van der Waals surface area contributed by atoms with Crippen molar-refractivity contribution in [1.29, 1.82) is 0 Å². The van der Waals surface area contributed by atoms with Gasteiger partial charge in [0.15, 0.2) is 0 Å². The number of amides is 3. The lowest BCUT2D eigenvalue weighted by atomic mass is 9.97. The Morgan fingerprint density at radius 2 is 1.61 bits per heavy atom. The highest BCUT2D eigenvalue weighted by atomic mass is 16.6. The number of ether oxygens (including phenoxy) is 1. The number of anilines is 1. The lowest BCUT2D eigenvalue weighted by Gasteiger charge is -2.36. The van der Waals surface area contributed by atoms with Gasteiger partial charge in [0.1, 0.15) is 23.4 Å². The molecule has 3 amide bonds. The van der Waals surface area contributed by atoms with E-state index in [1.165, 1.54) is 11.0 Å². The number of para-hydroxylation sites is 2. The van der Waals surface area contributed by atoms with E-state index in [-0.39, 0.29) is 18.2 Å². The molecule has 0 spiro atoms. The van der Waals surface area contributed by atoms with Crippen molar-refractivity contribution in [3.8, 4) is 5.75 Å². The van der Waals surface area contributed by atoms with E-state index >= 15 is 0 Å². The molecule has 0 bridgehead atoms. The average Bonchev–Trinajstić information content (AvgIpc) is 2.81. The molecule has 2 rings (SSSR count). The maximum absolute atomic E-state index is 14.1. The van der Waals surface area contributed by atoms with Crippen molar-refractivity contribution in [2.24, 2.45) is 5.92 Å². The van der Waals surface area contributed by atoms with Gasteiger partial charge in [0, 0.05) is 17.8 Å². The maximum atomic E-state index is 14.1. The molecular weight excluding hydrogens is 482 g/mol. The monoisotopic (exact) mass is 525 g/mol. The fourth-order valence-electron chi connectivity index (χ4n) is 4.19. The molecule has 0 radical (unpaired) electrons. The predicted octanol–water partition coefficient (Wildman–Crippen LogP) is 5.87. The Kier molecular flexibility index (Phi) is 10.7. The minimum atomic E-state index is -1.13. The third-order valence-electron chi connectivity index (χ3n) is 6.16. The number of nitrogens with zero attached hydrogens (tertiary/aromatic N) is 1. The molecule has 2 unspecified atom stereocenters.